The third-order valence-electron chi connectivity index (χ3n) is 3.49. The highest BCUT2D eigenvalue weighted by molar-refractivity contribution is 5.89. The number of carbonyl (C=O) groups excluding carboxylic acids is 2. The van der Waals surface area contributed by atoms with Gasteiger partial charge in [0.05, 0.1) is 31.5 Å². The maximum absolute atomic E-state index is 12.6. The van der Waals surface area contributed by atoms with Gasteiger partial charge in [-0.2, -0.15) is 0 Å². The summed E-state index contributed by atoms with van der Waals surface area (Å²) < 4.78 is 10.6. The van der Waals surface area contributed by atoms with Gasteiger partial charge in [0.15, 0.2) is 0 Å². The Kier molecular flexibility index (Phi) is 3.77. The van der Waals surface area contributed by atoms with Gasteiger partial charge in [-0.05, 0) is 24.3 Å². The first kappa shape index (κ1) is 13.5. The summed E-state index contributed by atoms with van der Waals surface area (Å²) in [5.74, 6) is 0.937. The minimum absolute atomic E-state index is 0.0684. The Morgan fingerprint density at radius 3 is 2.24 bits per heavy atom. The Balaban J connectivity index is 1.74. The number of furan rings is 2. The van der Waals surface area contributed by atoms with Crippen LogP contribution in [0.2, 0.25) is 0 Å². The van der Waals surface area contributed by atoms with Crippen LogP contribution in [-0.2, 0) is 22.7 Å². The molecular weight excluding hydrogens is 272 g/mol. The average molecular weight is 288 g/mol. The summed E-state index contributed by atoms with van der Waals surface area (Å²) in [6.07, 6.45) is 3.39. The quantitative estimate of drug-likeness (QED) is 0.905. The lowest BCUT2D eigenvalue weighted by Crippen LogP contribution is -2.36. The Bertz CT molecular complexity index is 567. The minimum Gasteiger partial charge on any atom is -0.467 e. The van der Waals surface area contributed by atoms with Gasteiger partial charge in [-0.1, -0.05) is 0 Å². The van der Waals surface area contributed by atoms with Crippen LogP contribution >= 0.6 is 0 Å². The van der Waals surface area contributed by atoms with E-state index in [1.54, 1.807) is 29.6 Å². The lowest BCUT2D eigenvalue weighted by molar-refractivity contribution is -0.137. The number of hydrogen-bond donors (Lipinski definition) is 1. The first-order chi connectivity index (χ1) is 10.2. The zero-order valence-corrected chi connectivity index (χ0v) is 11.5. The molecule has 1 aliphatic heterocycles. The van der Waals surface area contributed by atoms with Crippen molar-refractivity contribution in [3.63, 3.8) is 0 Å². The molecule has 1 saturated heterocycles. The highest BCUT2D eigenvalue weighted by Crippen LogP contribution is 2.18. The predicted octanol–water partition coefficient (Wildman–Crippen LogP) is 1.54. The average Bonchev–Trinajstić information content (AvgIpc) is 3.19. The molecule has 1 N–H and O–H groups in total. The maximum atomic E-state index is 12.6. The monoisotopic (exact) mass is 288 g/mol. The van der Waals surface area contributed by atoms with Gasteiger partial charge in [0.2, 0.25) is 11.8 Å². The molecule has 1 atom stereocenters. The van der Waals surface area contributed by atoms with Crippen molar-refractivity contribution in [3.05, 3.63) is 48.3 Å². The van der Waals surface area contributed by atoms with Crippen LogP contribution in [-0.4, -0.2) is 23.3 Å². The minimum atomic E-state index is -0.317. The zero-order valence-electron chi connectivity index (χ0n) is 11.5. The van der Waals surface area contributed by atoms with E-state index in [0.29, 0.717) is 31.2 Å². The van der Waals surface area contributed by atoms with Crippen LogP contribution in [0.1, 0.15) is 17.9 Å². The Morgan fingerprint density at radius 1 is 1.19 bits per heavy atom. The molecule has 2 aromatic rings. The topological polar surface area (TPSA) is 75.7 Å². The van der Waals surface area contributed by atoms with Crippen LogP contribution in [0, 0.1) is 5.92 Å². The van der Waals surface area contributed by atoms with E-state index in [1.807, 2.05) is 12.1 Å². The fourth-order valence-electron chi connectivity index (χ4n) is 2.43. The van der Waals surface area contributed by atoms with E-state index >= 15 is 0 Å². The van der Waals surface area contributed by atoms with Crippen molar-refractivity contribution in [1.29, 1.82) is 0 Å². The predicted molar refractivity (Wildman–Crippen MR) is 72.8 cm³/mol. The van der Waals surface area contributed by atoms with E-state index in [9.17, 15) is 9.59 Å². The van der Waals surface area contributed by atoms with Crippen molar-refractivity contribution < 1.29 is 18.4 Å². The van der Waals surface area contributed by atoms with Crippen LogP contribution in [0.15, 0.2) is 45.6 Å². The summed E-state index contributed by atoms with van der Waals surface area (Å²) in [6, 6.07) is 7.21. The molecule has 0 aromatic carbocycles. The first-order valence-corrected chi connectivity index (χ1v) is 6.82. The molecule has 21 heavy (non-hydrogen) atoms. The van der Waals surface area contributed by atoms with Crippen molar-refractivity contribution in [1.82, 2.24) is 10.2 Å². The summed E-state index contributed by atoms with van der Waals surface area (Å²) >= 11 is 0. The van der Waals surface area contributed by atoms with Crippen LogP contribution in [0.3, 0.4) is 0 Å². The number of carbonyl (C=O) groups is 2. The molecule has 3 rings (SSSR count). The van der Waals surface area contributed by atoms with Crippen LogP contribution in [0.4, 0.5) is 0 Å². The van der Waals surface area contributed by atoms with E-state index in [4.69, 9.17) is 8.83 Å². The number of nitrogens with one attached hydrogen (secondary N) is 1. The molecule has 2 aromatic heterocycles. The van der Waals surface area contributed by atoms with Crippen LogP contribution < -0.4 is 5.32 Å². The molecule has 1 aliphatic rings. The fraction of sp³-hybridized carbons (Fsp3) is 0.333. The van der Waals surface area contributed by atoms with E-state index in [2.05, 4.69) is 5.32 Å². The molecule has 0 aliphatic carbocycles. The second-order valence-corrected chi connectivity index (χ2v) is 5.06. The Morgan fingerprint density at radius 2 is 1.81 bits per heavy atom. The summed E-state index contributed by atoms with van der Waals surface area (Å²) in [7, 11) is 0. The SMILES string of the molecule is O=C1CC(C(=O)N(Cc2ccco2)Cc2ccco2)CN1. The summed E-state index contributed by atoms with van der Waals surface area (Å²) in [6.45, 7) is 1.11. The number of rotatable bonds is 5. The second kappa shape index (κ2) is 5.87. The summed E-state index contributed by atoms with van der Waals surface area (Å²) in [5, 5.41) is 2.69. The fourth-order valence-corrected chi connectivity index (χ4v) is 2.43. The zero-order chi connectivity index (χ0) is 14.7. The highest BCUT2D eigenvalue weighted by Gasteiger charge is 2.32. The number of hydrogen-bond acceptors (Lipinski definition) is 4. The standard InChI is InChI=1S/C15H16N2O4/c18-14-7-11(8-16-14)15(19)17(9-12-3-1-5-20-12)10-13-4-2-6-21-13/h1-6,11H,7-10H2,(H,16,18). The van der Waals surface area contributed by atoms with Gasteiger partial charge < -0.3 is 19.1 Å². The molecule has 3 heterocycles. The van der Waals surface area contributed by atoms with Crippen LogP contribution in [0.25, 0.3) is 0 Å². The molecule has 0 radical (unpaired) electrons. The molecule has 0 saturated carbocycles. The molecule has 1 unspecified atom stereocenters. The first-order valence-electron chi connectivity index (χ1n) is 6.82. The third kappa shape index (κ3) is 3.16. The normalized spacial score (nSPS) is 17.7. The molecule has 1 fully saturated rings. The number of nitrogens with zero attached hydrogens (tertiary/aromatic N) is 1. The largest absolute Gasteiger partial charge is 0.467 e. The second-order valence-electron chi connectivity index (χ2n) is 5.06. The van der Waals surface area contributed by atoms with Gasteiger partial charge >= 0.3 is 0 Å². The Hall–Kier alpha value is -2.50. The Labute approximate surface area is 121 Å². The lowest BCUT2D eigenvalue weighted by atomic mass is 10.1. The molecule has 2 amide bonds. The molecular formula is C15H16N2O4. The van der Waals surface area contributed by atoms with E-state index in [0.717, 1.165) is 0 Å². The smallest absolute Gasteiger partial charge is 0.228 e. The van der Waals surface area contributed by atoms with Crippen molar-refractivity contribution in [2.45, 2.75) is 19.5 Å². The number of amides is 2. The maximum Gasteiger partial charge on any atom is 0.228 e. The molecule has 6 heteroatoms. The molecule has 0 bridgehead atoms. The van der Waals surface area contributed by atoms with Gasteiger partial charge in [-0.25, -0.2) is 0 Å². The van der Waals surface area contributed by atoms with E-state index in [-0.39, 0.29) is 24.2 Å². The highest BCUT2D eigenvalue weighted by atomic mass is 16.3. The molecule has 0 spiro atoms. The van der Waals surface area contributed by atoms with Gasteiger partial charge in [0.25, 0.3) is 0 Å². The summed E-state index contributed by atoms with van der Waals surface area (Å²) in [4.78, 5) is 25.5. The summed E-state index contributed by atoms with van der Waals surface area (Å²) in [5.41, 5.74) is 0. The van der Waals surface area contributed by atoms with Crippen molar-refractivity contribution in [2.24, 2.45) is 5.92 Å². The van der Waals surface area contributed by atoms with Gasteiger partial charge in [-0.15, -0.1) is 0 Å². The van der Waals surface area contributed by atoms with Crippen LogP contribution in [0.5, 0.6) is 0 Å². The van der Waals surface area contributed by atoms with Crippen molar-refractivity contribution in [3.8, 4) is 0 Å². The van der Waals surface area contributed by atoms with Crippen molar-refractivity contribution in [2.75, 3.05) is 6.54 Å². The van der Waals surface area contributed by atoms with Gasteiger partial charge in [0.1, 0.15) is 11.5 Å². The van der Waals surface area contributed by atoms with Gasteiger partial charge in [-0.3, -0.25) is 9.59 Å². The molecule has 110 valence electrons. The van der Waals surface area contributed by atoms with Gasteiger partial charge in [0, 0.05) is 13.0 Å². The van der Waals surface area contributed by atoms with E-state index in [1.165, 1.54) is 0 Å². The third-order valence-corrected chi connectivity index (χ3v) is 3.49. The van der Waals surface area contributed by atoms with Crippen molar-refractivity contribution >= 4 is 11.8 Å². The van der Waals surface area contributed by atoms with E-state index < -0.39 is 0 Å². The lowest BCUT2D eigenvalue weighted by Gasteiger charge is -2.23. The molecule has 6 nitrogen and oxygen atoms in total.